The van der Waals surface area contributed by atoms with Gasteiger partial charge in [-0.05, 0) is 25.0 Å². The number of hydrogen-bond donors (Lipinski definition) is 1. The zero-order valence-corrected chi connectivity index (χ0v) is 10.4. The number of rotatable bonds is 5. The maximum Gasteiger partial charge on any atom is 0.226 e. The fraction of sp³-hybridized carbons (Fsp3) is 0.385. The van der Waals surface area contributed by atoms with Gasteiger partial charge in [-0.15, -0.1) is 0 Å². The average Bonchev–Trinajstić information content (AvgIpc) is 2.78. The Labute approximate surface area is 109 Å². The van der Waals surface area contributed by atoms with E-state index >= 15 is 0 Å². The Morgan fingerprint density at radius 1 is 1.37 bits per heavy atom. The van der Waals surface area contributed by atoms with Crippen LogP contribution in [0.1, 0.15) is 30.6 Å². The quantitative estimate of drug-likeness (QED) is 0.903. The third-order valence-electron chi connectivity index (χ3n) is 2.65. The van der Waals surface area contributed by atoms with Crippen LogP contribution in [0.3, 0.4) is 0 Å². The van der Waals surface area contributed by atoms with Crippen molar-refractivity contribution >= 4 is 0 Å². The van der Waals surface area contributed by atoms with Crippen molar-refractivity contribution in [3.8, 4) is 0 Å². The van der Waals surface area contributed by atoms with Crippen LogP contribution in [0.15, 0.2) is 22.7 Å². The fourth-order valence-corrected chi connectivity index (χ4v) is 1.63. The van der Waals surface area contributed by atoms with Gasteiger partial charge in [0.25, 0.3) is 0 Å². The van der Waals surface area contributed by atoms with Crippen molar-refractivity contribution in [2.45, 2.75) is 32.3 Å². The maximum absolute atomic E-state index is 13.4. The molecule has 0 spiro atoms. The first kappa shape index (κ1) is 13.6. The minimum absolute atomic E-state index is 0.143. The smallest absolute Gasteiger partial charge is 0.226 e. The zero-order valence-electron chi connectivity index (χ0n) is 10.4. The van der Waals surface area contributed by atoms with Crippen LogP contribution in [-0.2, 0) is 12.8 Å². The zero-order chi connectivity index (χ0) is 13.8. The van der Waals surface area contributed by atoms with E-state index in [9.17, 15) is 8.78 Å². The normalized spacial score (nSPS) is 12.6. The van der Waals surface area contributed by atoms with Crippen molar-refractivity contribution in [1.82, 2.24) is 10.1 Å². The molecule has 0 aliphatic heterocycles. The van der Waals surface area contributed by atoms with Crippen LogP contribution in [0.2, 0.25) is 0 Å². The van der Waals surface area contributed by atoms with Gasteiger partial charge in [-0.3, -0.25) is 0 Å². The summed E-state index contributed by atoms with van der Waals surface area (Å²) in [6.07, 6.45) is 0.692. The molecule has 102 valence electrons. The average molecular weight is 268 g/mol. The first-order valence-electron chi connectivity index (χ1n) is 5.98. The van der Waals surface area contributed by atoms with E-state index in [0.29, 0.717) is 30.1 Å². The van der Waals surface area contributed by atoms with Crippen LogP contribution in [0, 0.1) is 11.6 Å². The van der Waals surface area contributed by atoms with Crippen LogP contribution in [0.25, 0.3) is 0 Å². The molecule has 6 heteroatoms. The van der Waals surface area contributed by atoms with E-state index in [1.807, 2.05) is 0 Å². The van der Waals surface area contributed by atoms with Gasteiger partial charge in [-0.25, -0.2) is 8.78 Å². The molecule has 1 aromatic heterocycles. The first-order valence-corrected chi connectivity index (χ1v) is 5.98. The standard InChI is InChI=1S/C13H14F2N2O2/c1-8(18)2-5-13-16-12(17-19-13)6-9-3-4-10(14)7-11(9)15/h3-4,7-8,18H,2,5-6H2,1H3. The highest BCUT2D eigenvalue weighted by Crippen LogP contribution is 2.13. The summed E-state index contributed by atoms with van der Waals surface area (Å²) in [5.74, 6) is -0.508. The summed E-state index contributed by atoms with van der Waals surface area (Å²) in [7, 11) is 0. The molecule has 0 saturated heterocycles. The highest BCUT2D eigenvalue weighted by molar-refractivity contribution is 5.21. The van der Waals surface area contributed by atoms with Gasteiger partial charge in [0.15, 0.2) is 5.82 Å². The summed E-state index contributed by atoms with van der Waals surface area (Å²) in [6, 6.07) is 3.37. The lowest BCUT2D eigenvalue weighted by Crippen LogP contribution is -2.01. The molecule has 19 heavy (non-hydrogen) atoms. The van der Waals surface area contributed by atoms with Gasteiger partial charge < -0.3 is 9.63 Å². The number of hydrogen-bond acceptors (Lipinski definition) is 4. The van der Waals surface area contributed by atoms with Crippen LogP contribution >= 0.6 is 0 Å². The van der Waals surface area contributed by atoms with Crippen molar-refractivity contribution in [2.24, 2.45) is 0 Å². The third kappa shape index (κ3) is 3.82. The first-order chi connectivity index (χ1) is 9.04. The van der Waals surface area contributed by atoms with Crippen LogP contribution in [0.4, 0.5) is 8.78 Å². The minimum atomic E-state index is -0.629. The molecule has 0 bridgehead atoms. The number of nitrogens with zero attached hydrogens (tertiary/aromatic N) is 2. The van der Waals surface area contributed by atoms with Crippen molar-refractivity contribution in [1.29, 1.82) is 0 Å². The lowest BCUT2D eigenvalue weighted by atomic mass is 10.1. The predicted molar refractivity (Wildman–Crippen MR) is 63.5 cm³/mol. The summed E-state index contributed by atoms with van der Waals surface area (Å²) in [5.41, 5.74) is 0.310. The van der Waals surface area contributed by atoms with Gasteiger partial charge in [0.05, 0.1) is 6.10 Å². The van der Waals surface area contributed by atoms with Gasteiger partial charge >= 0.3 is 0 Å². The van der Waals surface area contributed by atoms with Gasteiger partial charge in [-0.1, -0.05) is 11.2 Å². The molecule has 1 N–H and O–H groups in total. The van der Waals surface area contributed by atoms with Crippen molar-refractivity contribution in [3.05, 3.63) is 47.1 Å². The minimum Gasteiger partial charge on any atom is -0.393 e. The number of benzene rings is 1. The van der Waals surface area contributed by atoms with Crippen LogP contribution in [-0.4, -0.2) is 21.4 Å². The van der Waals surface area contributed by atoms with Gasteiger partial charge in [0.2, 0.25) is 5.89 Å². The Bertz CT molecular complexity index is 555. The number of halogens is 2. The topological polar surface area (TPSA) is 59.2 Å². The van der Waals surface area contributed by atoms with Crippen molar-refractivity contribution in [3.63, 3.8) is 0 Å². The summed E-state index contributed by atoms with van der Waals surface area (Å²) >= 11 is 0. The lowest BCUT2D eigenvalue weighted by Gasteiger charge is -1.99. The second-order valence-electron chi connectivity index (χ2n) is 4.40. The van der Waals surface area contributed by atoms with E-state index in [4.69, 9.17) is 9.63 Å². The summed E-state index contributed by atoms with van der Waals surface area (Å²) in [5, 5.41) is 12.9. The molecule has 0 fully saturated rings. The van der Waals surface area contributed by atoms with Crippen LogP contribution in [0.5, 0.6) is 0 Å². The molecule has 1 aromatic carbocycles. The summed E-state index contributed by atoms with van der Waals surface area (Å²) in [4.78, 5) is 4.09. The van der Waals surface area contributed by atoms with E-state index in [-0.39, 0.29) is 6.42 Å². The molecule has 1 heterocycles. The molecular weight excluding hydrogens is 254 g/mol. The third-order valence-corrected chi connectivity index (χ3v) is 2.65. The van der Waals surface area contributed by atoms with Crippen molar-refractivity contribution in [2.75, 3.05) is 0 Å². The largest absolute Gasteiger partial charge is 0.393 e. The van der Waals surface area contributed by atoms with Gasteiger partial charge in [-0.2, -0.15) is 4.98 Å². The molecule has 2 rings (SSSR count). The number of aromatic nitrogens is 2. The maximum atomic E-state index is 13.4. The second kappa shape index (κ2) is 5.88. The number of aliphatic hydroxyl groups is 1. The van der Waals surface area contributed by atoms with E-state index in [2.05, 4.69) is 10.1 Å². The molecule has 0 amide bonds. The molecule has 2 aromatic rings. The number of aliphatic hydroxyl groups excluding tert-OH is 1. The Morgan fingerprint density at radius 3 is 2.84 bits per heavy atom. The second-order valence-corrected chi connectivity index (χ2v) is 4.40. The van der Waals surface area contributed by atoms with Crippen LogP contribution < -0.4 is 0 Å². The van der Waals surface area contributed by atoms with E-state index in [1.165, 1.54) is 12.1 Å². The Morgan fingerprint density at radius 2 is 2.16 bits per heavy atom. The lowest BCUT2D eigenvalue weighted by molar-refractivity contribution is 0.180. The molecule has 1 unspecified atom stereocenters. The Balaban J connectivity index is 2.03. The Kier molecular flexibility index (Phi) is 4.21. The Hall–Kier alpha value is -1.82. The fourth-order valence-electron chi connectivity index (χ4n) is 1.63. The monoisotopic (exact) mass is 268 g/mol. The van der Waals surface area contributed by atoms with Gasteiger partial charge in [0, 0.05) is 18.9 Å². The van der Waals surface area contributed by atoms with E-state index < -0.39 is 17.7 Å². The summed E-state index contributed by atoms with van der Waals surface area (Å²) in [6.45, 7) is 1.67. The molecule has 1 atom stereocenters. The van der Waals surface area contributed by atoms with Gasteiger partial charge in [0.1, 0.15) is 11.6 Å². The molecule has 0 saturated carbocycles. The van der Waals surface area contributed by atoms with E-state index in [1.54, 1.807) is 6.92 Å². The van der Waals surface area contributed by atoms with E-state index in [0.717, 1.165) is 6.07 Å². The SMILES string of the molecule is CC(O)CCc1nc(Cc2ccc(F)cc2F)no1. The predicted octanol–water partition coefficient (Wildman–Crippen LogP) is 2.25. The molecule has 0 radical (unpaired) electrons. The van der Waals surface area contributed by atoms with Crippen molar-refractivity contribution < 1.29 is 18.4 Å². The summed E-state index contributed by atoms with van der Waals surface area (Å²) < 4.78 is 31.2. The molecule has 4 nitrogen and oxygen atoms in total. The molecule has 0 aliphatic carbocycles. The number of aryl methyl sites for hydroxylation is 1. The highest BCUT2D eigenvalue weighted by Gasteiger charge is 2.11. The molecule has 0 aliphatic rings. The molecular formula is C13H14F2N2O2. The highest BCUT2D eigenvalue weighted by atomic mass is 19.1.